The Morgan fingerprint density at radius 1 is 1.03 bits per heavy atom. The van der Waals surface area contributed by atoms with Gasteiger partial charge >= 0.3 is 0 Å². The molecule has 0 aromatic heterocycles. The van der Waals surface area contributed by atoms with E-state index in [4.69, 9.17) is 9.47 Å². The van der Waals surface area contributed by atoms with Crippen molar-refractivity contribution in [1.29, 1.82) is 0 Å². The van der Waals surface area contributed by atoms with E-state index in [1.165, 1.54) is 23.8 Å². The number of hydrogen-bond donors (Lipinski definition) is 1. The number of methoxy groups -OCH3 is 1. The molecule has 3 aromatic carbocycles. The topological polar surface area (TPSA) is 90.7 Å². The minimum Gasteiger partial charge on any atom is -0.497 e. The van der Waals surface area contributed by atoms with Crippen LogP contribution in [0.3, 0.4) is 0 Å². The van der Waals surface area contributed by atoms with Crippen LogP contribution in [0.5, 0.6) is 11.5 Å². The van der Waals surface area contributed by atoms with Crippen molar-refractivity contribution in [1.82, 2.24) is 5.32 Å². The van der Waals surface area contributed by atoms with Crippen LogP contribution < -0.4 is 14.8 Å². The third kappa shape index (κ3) is 6.30. The zero-order chi connectivity index (χ0) is 22.1. The van der Waals surface area contributed by atoms with Gasteiger partial charge in [0.1, 0.15) is 11.5 Å². The highest BCUT2D eigenvalue weighted by Crippen LogP contribution is 2.34. The van der Waals surface area contributed by atoms with Gasteiger partial charge in [-0.15, -0.1) is 0 Å². The molecule has 0 fully saturated rings. The first kappa shape index (κ1) is 21.8. The van der Waals surface area contributed by atoms with Gasteiger partial charge in [-0.25, -0.2) is 0 Å². The van der Waals surface area contributed by atoms with Crippen molar-refractivity contribution in [2.75, 3.05) is 20.3 Å². The van der Waals surface area contributed by atoms with Crippen molar-refractivity contribution in [3.63, 3.8) is 0 Å². The Bertz CT molecular complexity index is 1020. The van der Waals surface area contributed by atoms with E-state index >= 15 is 0 Å². The number of nitrogens with zero attached hydrogens (tertiary/aromatic N) is 1. The van der Waals surface area contributed by atoms with Gasteiger partial charge in [0.25, 0.3) is 11.6 Å². The lowest BCUT2D eigenvalue weighted by molar-refractivity contribution is -0.384. The van der Waals surface area contributed by atoms with Crippen LogP contribution in [-0.4, -0.2) is 31.1 Å². The first-order valence-corrected chi connectivity index (χ1v) is 9.93. The van der Waals surface area contributed by atoms with Crippen molar-refractivity contribution >= 4 is 11.6 Å². The normalized spacial score (nSPS) is 10.4. The number of aryl methyl sites for hydroxylation is 1. The molecule has 0 spiro atoms. The van der Waals surface area contributed by atoms with Crippen molar-refractivity contribution in [3.8, 4) is 22.6 Å². The first-order valence-electron chi connectivity index (χ1n) is 9.93. The molecule has 1 N–H and O–H groups in total. The molecule has 0 aliphatic carbocycles. The fourth-order valence-corrected chi connectivity index (χ4v) is 3.11. The largest absolute Gasteiger partial charge is 0.497 e. The molecule has 7 heteroatoms. The van der Waals surface area contributed by atoms with E-state index in [0.717, 1.165) is 18.4 Å². The highest BCUT2D eigenvalue weighted by atomic mass is 16.6. The maximum atomic E-state index is 12.2. The molecular formula is C24H24N2O5. The highest BCUT2D eigenvalue weighted by molar-refractivity contribution is 5.78. The second kappa shape index (κ2) is 10.8. The molecule has 0 radical (unpaired) electrons. The third-order valence-electron chi connectivity index (χ3n) is 4.74. The summed E-state index contributed by atoms with van der Waals surface area (Å²) in [7, 11) is 1.56. The van der Waals surface area contributed by atoms with E-state index in [9.17, 15) is 14.9 Å². The molecule has 3 rings (SSSR count). The van der Waals surface area contributed by atoms with Gasteiger partial charge in [-0.3, -0.25) is 14.9 Å². The number of nitrogens with one attached hydrogen (secondary N) is 1. The Morgan fingerprint density at radius 2 is 1.77 bits per heavy atom. The van der Waals surface area contributed by atoms with Gasteiger partial charge in [-0.05, 0) is 42.2 Å². The molecule has 0 heterocycles. The first-order chi connectivity index (χ1) is 15.1. The molecule has 0 atom stereocenters. The maximum absolute atomic E-state index is 12.2. The fourth-order valence-electron chi connectivity index (χ4n) is 3.11. The van der Waals surface area contributed by atoms with Gasteiger partial charge in [0.2, 0.25) is 0 Å². The molecule has 3 aromatic rings. The van der Waals surface area contributed by atoms with Crippen LogP contribution in [0.4, 0.5) is 5.69 Å². The van der Waals surface area contributed by atoms with Crippen LogP contribution in [0, 0.1) is 10.1 Å². The average Bonchev–Trinajstić information content (AvgIpc) is 2.81. The van der Waals surface area contributed by atoms with Crippen molar-refractivity contribution in [2.24, 2.45) is 0 Å². The standard InChI is InChI=1S/C24H24N2O5/c1-30-21-12-9-19(10-13-21)22-16-20(26(28)29)11-14-23(22)31-17-24(27)25-15-5-8-18-6-3-2-4-7-18/h2-4,6-7,9-14,16H,5,8,15,17H2,1H3,(H,25,27). The van der Waals surface area contributed by atoms with Crippen LogP contribution in [0.2, 0.25) is 0 Å². The summed E-state index contributed by atoms with van der Waals surface area (Å²) in [6.45, 7) is 0.370. The van der Waals surface area contributed by atoms with Gasteiger partial charge in [0.05, 0.1) is 12.0 Å². The third-order valence-corrected chi connectivity index (χ3v) is 4.74. The number of carbonyl (C=O) groups is 1. The summed E-state index contributed by atoms with van der Waals surface area (Å²) in [5.74, 6) is 0.828. The van der Waals surface area contributed by atoms with Crippen LogP contribution >= 0.6 is 0 Å². The van der Waals surface area contributed by atoms with Gasteiger partial charge < -0.3 is 14.8 Å². The second-order valence-electron chi connectivity index (χ2n) is 6.89. The number of hydrogen-bond acceptors (Lipinski definition) is 5. The number of non-ortho nitro benzene ring substituents is 1. The van der Waals surface area contributed by atoms with E-state index < -0.39 is 4.92 Å². The number of carbonyl (C=O) groups excluding carboxylic acids is 1. The van der Waals surface area contributed by atoms with Crippen molar-refractivity contribution in [2.45, 2.75) is 12.8 Å². The van der Waals surface area contributed by atoms with Crippen LogP contribution in [-0.2, 0) is 11.2 Å². The molecule has 0 aliphatic rings. The highest BCUT2D eigenvalue weighted by Gasteiger charge is 2.15. The van der Waals surface area contributed by atoms with E-state index in [0.29, 0.717) is 23.6 Å². The Labute approximate surface area is 180 Å². The number of benzene rings is 3. The summed E-state index contributed by atoms with van der Waals surface area (Å²) in [6.07, 6.45) is 1.70. The van der Waals surface area contributed by atoms with Gasteiger partial charge in [0.15, 0.2) is 6.61 Å². The Kier molecular flexibility index (Phi) is 7.59. The quantitative estimate of drug-likeness (QED) is 0.298. The van der Waals surface area contributed by atoms with Crippen molar-refractivity contribution < 1.29 is 19.2 Å². The monoisotopic (exact) mass is 420 g/mol. The Balaban J connectivity index is 1.60. The summed E-state index contributed by atoms with van der Waals surface area (Å²) >= 11 is 0. The lowest BCUT2D eigenvalue weighted by Crippen LogP contribution is -2.30. The molecule has 0 bridgehead atoms. The summed E-state index contributed by atoms with van der Waals surface area (Å²) in [5.41, 5.74) is 2.43. The fraction of sp³-hybridized carbons (Fsp3) is 0.208. The Morgan fingerprint density at radius 3 is 2.45 bits per heavy atom. The molecule has 1 amide bonds. The molecule has 160 valence electrons. The van der Waals surface area contributed by atoms with Crippen LogP contribution in [0.1, 0.15) is 12.0 Å². The predicted octanol–water partition coefficient (Wildman–Crippen LogP) is 4.40. The number of nitro benzene ring substituents is 1. The summed E-state index contributed by atoms with van der Waals surface area (Å²) in [6, 6.07) is 21.5. The molecule has 0 unspecified atom stereocenters. The zero-order valence-corrected chi connectivity index (χ0v) is 17.2. The summed E-state index contributed by atoms with van der Waals surface area (Å²) < 4.78 is 10.9. The van der Waals surface area contributed by atoms with Crippen LogP contribution in [0.25, 0.3) is 11.1 Å². The average molecular weight is 420 g/mol. The molecule has 0 saturated heterocycles. The minimum absolute atomic E-state index is 0.0523. The number of ether oxygens (including phenoxy) is 2. The number of nitro groups is 1. The predicted molar refractivity (Wildman–Crippen MR) is 118 cm³/mol. The van der Waals surface area contributed by atoms with Gasteiger partial charge in [-0.1, -0.05) is 42.5 Å². The molecule has 31 heavy (non-hydrogen) atoms. The summed E-state index contributed by atoms with van der Waals surface area (Å²) in [5, 5.41) is 14.0. The smallest absolute Gasteiger partial charge is 0.270 e. The minimum atomic E-state index is -0.462. The lowest BCUT2D eigenvalue weighted by atomic mass is 10.0. The zero-order valence-electron chi connectivity index (χ0n) is 17.2. The van der Waals surface area contributed by atoms with Gasteiger partial charge in [0, 0.05) is 24.2 Å². The van der Waals surface area contributed by atoms with E-state index in [-0.39, 0.29) is 18.2 Å². The van der Waals surface area contributed by atoms with Gasteiger partial charge in [-0.2, -0.15) is 0 Å². The van der Waals surface area contributed by atoms with E-state index in [2.05, 4.69) is 17.4 Å². The SMILES string of the molecule is COc1ccc(-c2cc([N+](=O)[O-])ccc2OCC(=O)NCCCc2ccccc2)cc1. The molecule has 7 nitrogen and oxygen atoms in total. The molecule has 0 aliphatic heterocycles. The van der Waals surface area contributed by atoms with E-state index in [1.807, 2.05) is 18.2 Å². The molecule has 0 saturated carbocycles. The Hall–Kier alpha value is -3.87. The number of amides is 1. The molecular weight excluding hydrogens is 396 g/mol. The summed E-state index contributed by atoms with van der Waals surface area (Å²) in [4.78, 5) is 22.9. The van der Waals surface area contributed by atoms with E-state index in [1.54, 1.807) is 31.4 Å². The second-order valence-corrected chi connectivity index (χ2v) is 6.89. The van der Waals surface area contributed by atoms with Crippen molar-refractivity contribution in [3.05, 3.63) is 88.5 Å². The number of rotatable bonds is 10. The van der Waals surface area contributed by atoms with Crippen LogP contribution in [0.15, 0.2) is 72.8 Å². The maximum Gasteiger partial charge on any atom is 0.270 e. The lowest BCUT2D eigenvalue weighted by Gasteiger charge is -2.12.